The molecule has 0 heterocycles. The lowest BCUT2D eigenvalue weighted by atomic mass is 10.1. The van der Waals surface area contributed by atoms with Crippen molar-refractivity contribution in [1.82, 2.24) is 5.32 Å². The van der Waals surface area contributed by atoms with Crippen molar-refractivity contribution in [2.45, 2.75) is 19.4 Å². The van der Waals surface area contributed by atoms with Gasteiger partial charge in [0.25, 0.3) is 5.91 Å². The summed E-state index contributed by atoms with van der Waals surface area (Å²) in [5.41, 5.74) is 5.09. The molecule has 0 fully saturated rings. The van der Waals surface area contributed by atoms with E-state index < -0.39 is 5.54 Å². The number of hydrogen-bond donors (Lipinski definition) is 2. The zero-order chi connectivity index (χ0) is 12.9. The summed E-state index contributed by atoms with van der Waals surface area (Å²) in [6.45, 7) is 4.05. The predicted molar refractivity (Wildman–Crippen MR) is 68.2 cm³/mol. The summed E-state index contributed by atoms with van der Waals surface area (Å²) >= 11 is 5.73. The van der Waals surface area contributed by atoms with Crippen LogP contribution in [-0.2, 0) is 4.79 Å². The van der Waals surface area contributed by atoms with E-state index in [1.54, 1.807) is 24.3 Å². The fraction of sp³-hybridized carbons (Fsp3) is 0.417. The van der Waals surface area contributed by atoms with E-state index in [1.807, 2.05) is 13.8 Å². The van der Waals surface area contributed by atoms with Gasteiger partial charge in [-0.1, -0.05) is 11.6 Å². The van der Waals surface area contributed by atoms with Crippen molar-refractivity contribution in [3.63, 3.8) is 0 Å². The van der Waals surface area contributed by atoms with Gasteiger partial charge in [-0.05, 0) is 38.1 Å². The molecule has 0 aliphatic rings. The van der Waals surface area contributed by atoms with Crippen molar-refractivity contribution >= 4 is 17.5 Å². The van der Waals surface area contributed by atoms with Crippen molar-refractivity contribution in [1.29, 1.82) is 0 Å². The second-order valence-electron chi connectivity index (χ2n) is 4.38. The maximum absolute atomic E-state index is 11.5. The number of hydrogen-bond acceptors (Lipinski definition) is 3. The van der Waals surface area contributed by atoms with Crippen LogP contribution in [0.1, 0.15) is 13.8 Å². The molecule has 1 aromatic rings. The van der Waals surface area contributed by atoms with Gasteiger partial charge in [-0.3, -0.25) is 4.79 Å². The predicted octanol–water partition coefficient (Wildman–Crippen LogP) is 1.57. The van der Waals surface area contributed by atoms with Crippen molar-refractivity contribution in [2.75, 3.05) is 13.2 Å². The van der Waals surface area contributed by atoms with E-state index in [2.05, 4.69) is 5.32 Å². The Labute approximate surface area is 106 Å². The van der Waals surface area contributed by atoms with Crippen LogP contribution in [-0.4, -0.2) is 24.6 Å². The normalized spacial score (nSPS) is 11.1. The Kier molecular flexibility index (Phi) is 4.78. The highest BCUT2D eigenvalue weighted by atomic mass is 35.5. The number of rotatable bonds is 5. The standard InChI is InChI=1S/C12H17ClN2O2/c1-12(2,8-14)15-11(16)7-17-10-5-3-9(13)4-6-10/h3-6H,7-8,14H2,1-2H3,(H,15,16). The SMILES string of the molecule is CC(C)(CN)NC(=O)COc1ccc(Cl)cc1. The average molecular weight is 257 g/mol. The third kappa shape index (κ3) is 5.06. The van der Waals surface area contributed by atoms with Gasteiger partial charge in [0.2, 0.25) is 0 Å². The lowest BCUT2D eigenvalue weighted by Gasteiger charge is -2.24. The number of benzene rings is 1. The largest absolute Gasteiger partial charge is 0.484 e. The second-order valence-corrected chi connectivity index (χ2v) is 4.82. The van der Waals surface area contributed by atoms with Crippen LogP contribution < -0.4 is 15.8 Å². The Hall–Kier alpha value is -1.26. The molecule has 0 bridgehead atoms. The zero-order valence-electron chi connectivity index (χ0n) is 10.00. The summed E-state index contributed by atoms with van der Waals surface area (Å²) in [6.07, 6.45) is 0. The molecule has 0 radical (unpaired) electrons. The maximum Gasteiger partial charge on any atom is 0.258 e. The van der Waals surface area contributed by atoms with Gasteiger partial charge in [0.05, 0.1) is 0 Å². The minimum atomic E-state index is -0.416. The molecule has 94 valence electrons. The molecule has 0 aliphatic heterocycles. The number of carbonyl (C=O) groups is 1. The Morgan fingerprint density at radius 2 is 2.00 bits per heavy atom. The number of ether oxygens (including phenoxy) is 1. The van der Waals surface area contributed by atoms with Crippen LogP contribution in [0.2, 0.25) is 5.02 Å². The molecule has 0 unspecified atom stereocenters. The van der Waals surface area contributed by atoms with Gasteiger partial charge in [0, 0.05) is 17.1 Å². The fourth-order valence-corrected chi connectivity index (χ4v) is 1.27. The van der Waals surface area contributed by atoms with Crippen LogP contribution >= 0.6 is 11.6 Å². The first-order valence-corrected chi connectivity index (χ1v) is 5.70. The van der Waals surface area contributed by atoms with Gasteiger partial charge in [-0.2, -0.15) is 0 Å². The van der Waals surface area contributed by atoms with Crippen molar-refractivity contribution < 1.29 is 9.53 Å². The monoisotopic (exact) mass is 256 g/mol. The van der Waals surface area contributed by atoms with Crippen LogP contribution in [0.4, 0.5) is 0 Å². The first-order valence-electron chi connectivity index (χ1n) is 5.32. The van der Waals surface area contributed by atoms with Crippen molar-refractivity contribution in [2.24, 2.45) is 5.73 Å². The number of nitrogens with two attached hydrogens (primary N) is 1. The van der Waals surface area contributed by atoms with Gasteiger partial charge in [-0.25, -0.2) is 0 Å². The maximum atomic E-state index is 11.5. The number of amides is 1. The van der Waals surface area contributed by atoms with E-state index in [4.69, 9.17) is 22.1 Å². The molecule has 1 amide bonds. The van der Waals surface area contributed by atoms with Gasteiger partial charge >= 0.3 is 0 Å². The van der Waals surface area contributed by atoms with Crippen LogP contribution in [0.15, 0.2) is 24.3 Å². The Bertz CT molecular complexity index is 377. The van der Waals surface area contributed by atoms with Gasteiger partial charge in [-0.15, -0.1) is 0 Å². The molecule has 0 saturated carbocycles. The van der Waals surface area contributed by atoms with E-state index in [0.29, 0.717) is 17.3 Å². The van der Waals surface area contributed by atoms with Crippen molar-refractivity contribution in [3.05, 3.63) is 29.3 Å². The molecular formula is C12H17ClN2O2. The first kappa shape index (κ1) is 13.8. The van der Waals surface area contributed by atoms with E-state index in [1.165, 1.54) is 0 Å². The molecule has 0 aromatic heterocycles. The second kappa shape index (κ2) is 5.89. The number of carbonyl (C=O) groups excluding carboxylic acids is 1. The molecular weight excluding hydrogens is 240 g/mol. The van der Waals surface area contributed by atoms with Crippen LogP contribution in [0.3, 0.4) is 0 Å². The van der Waals surface area contributed by atoms with Gasteiger partial charge in [0.15, 0.2) is 6.61 Å². The molecule has 0 atom stereocenters. The summed E-state index contributed by atoms with van der Waals surface area (Å²) in [7, 11) is 0. The molecule has 1 aromatic carbocycles. The van der Waals surface area contributed by atoms with Crippen LogP contribution in [0.25, 0.3) is 0 Å². The Morgan fingerprint density at radius 1 is 1.41 bits per heavy atom. The van der Waals surface area contributed by atoms with E-state index in [9.17, 15) is 4.79 Å². The highest BCUT2D eigenvalue weighted by molar-refractivity contribution is 6.30. The Morgan fingerprint density at radius 3 is 2.53 bits per heavy atom. The lowest BCUT2D eigenvalue weighted by Crippen LogP contribution is -2.50. The summed E-state index contributed by atoms with van der Waals surface area (Å²) in [4.78, 5) is 11.5. The highest BCUT2D eigenvalue weighted by Gasteiger charge is 2.18. The molecule has 0 aliphatic carbocycles. The molecule has 1 rings (SSSR count). The highest BCUT2D eigenvalue weighted by Crippen LogP contribution is 2.15. The molecule has 0 spiro atoms. The quantitative estimate of drug-likeness (QED) is 0.841. The molecule has 5 heteroatoms. The zero-order valence-corrected chi connectivity index (χ0v) is 10.8. The van der Waals surface area contributed by atoms with Crippen molar-refractivity contribution in [3.8, 4) is 5.75 Å². The molecule has 17 heavy (non-hydrogen) atoms. The Balaban J connectivity index is 2.41. The summed E-state index contributed by atoms with van der Waals surface area (Å²) in [6, 6.07) is 6.84. The third-order valence-corrected chi connectivity index (χ3v) is 2.42. The molecule has 4 nitrogen and oxygen atoms in total. The molecule has 3 N–H and O–H groups in total. The van der Waals surface area contributed by atoms with Gasteiger partial charge < -0.3 is 15.8 Å². The fourth-order valence-electron chi connectivity index (χ4n) is 1.14. The summed E-state index contributed by atoms with van der Waals surface area (Å²) < 4.78 is 5.30. The number of nitrogens with one attached hydrogen (secondary N) is 1. The lowest BCUT2D eigenvalue weighted by molar-refractivity contribution is -0.124. The van der Waals surface area contributed by atoms with E-state index in [0.717, 1.165) is 0 Å². The minimum Gasteiger partial charge on any atom is -0.484 e. The third-order valence-electron chi connectivity index (χ3n) is 2.17. The van der Waals surface area contributed by atoms with E-state index >= 15 is 0 Å². The average Bonchev–Trinajstić information content (AvgIpc) is 2.28. The van der Waals surface area contributed by atoms with E-state index in [-0.39, 0.29) is 12.5 Å². The molecule has 0 saturated heterocycles. The van der Waals surface area contributed by atoms with Crippen LogP contribution in [0, 0.1) is 0 Å². The van der Waals surface area contributed by atoms with Gasteiger partial charge in [0.1, 0.15) is 5.75 Å². The van der Waals surface area contributed by atoms with Crippen LogP contribution in [0.5, 0.6) is 5.75 Å². The summed E-state index contributed by atoms with van der Waals surface area (Å²) in [5.74, 6) is 0.408. The minimum absolute atomic E-state index is 0.0366. The first-order chi connectivity index (χ1) is 7.93. The topological polar surface area (TPSA) is 64.3 Å². The smallest absolute Gasteiger partial charge is 0.258 e. The summed E-state index contributed by atoms with van der Waals surface area (Å²) in [5, 5.41) is 3.40. The number of halogens is 1.